The van der Waals surface area contributed by atoms with E-state index in [1.54, 1.807) is 7.11 Å². The molecule has 0 aromatic heterocycles. The summed E-state index contributed by atoms with van der Waals surface area (Å²) in [7, 11) is 1.67. The van der Waals surface area contributed by atoms with Crippen molar-refractivity contribution in [3.8, 4) is 11.5 Å². The highest BCUT2D eigenvalue weighted by Gasteiger charge is 2.46. The highest BCUT2D eigenvalue weighted by Crippen LogP contribution is 2.57. The molecule has 0 bridgehead atoms. The van der Waals surface area contributed by atoms with Crippen LogP contribution in [0.1, 0.15) is 51.4 Å². The van der Waals surface area contributed by atoms with Crippen LogP contribution in [0.25, 0.3) is 0 Å². The van der Waals surface area contributed by atoms with Gasteiger partial charge in [-0.25, -0.2) is 0 Å². The summed E-state index contributed by atoms with van der Waals surface area (Å²) >= 11 is 0. The van der Waals surface area contributed by atoms with Gasteiger partial charge >= 0.3 is 0 Å². The quantitative estimate of drug-likeness (QED) is 0.828. The van der Waals surface area contributed by atoms with Crippen molar-refractivity contribution < 1.29 is 14.3 Å². The van der Waals surface area contributed by atoms with Crippen LogP contribution in [0, 0.1) is 11.3 Å². The standard InChI is InChI=1S/C21H29NO3/c1-24-17-2-4-18(5-3-17)25-19-8-14-22(15-9-19)20(23)16-6-10-21(11-7-16)12-13-21/h2-5,16,19H,6-15H2,1H3. The van der Waals surface area contributed by atoms with Crippen LogP contribution >= 0.6 is 0 Å². The summed E-state index contributed by atoms with van der Waals surface area (Å²) in [6.45, 7) is 1.67. The van der Waals surface area contributed by atoms with Crippen LogP contribution in [-0.4, -0.2) is 37.1 Å². The van der Waals surface area contributed by atoms with Crippen LogP contribution in [0.5, 0.6) is 11.5 Å². The van der Waals surface area contributed by atoms with Gasteiger partial charge < -0.3 is 14.4 Å². The number of carbonyl (C=O) groups is 1. The maximum atomic E-state index is 12.8. The zero-order valence-electron chi connectivity index (χ0n) is 15.2. The molecule has 0 N–H and O–H groups in total. The molecular formula is C21H29NO3. The van der Waals surface area contributed by atoms with Crippen LogP contribution in [0.3, 0.4) is 0 Å². The van der Waals surface area contributed by atoms with Crippen LogP contribution in [0.4, 0.5) is 0 Å². The molecule has 4 rings (SSSR count). The van der Waals surface area contributed by atoms with Crippen LogP contribution < -0.4 is 9.47 Å². The van der Waals surface area contributed by atoms with Crippen molar-refractivity contribution >= 4 is 5.91 Å². The van der Waals surface area contributed by atoms with E-state index in [0.29, 0.717) is 11.3 Å². The normalized spacial score (nSPS) is 23.5. The molecule has 1 spiro atoms. The number of methoxy groups -OCH3 is 1. The van der Waals surface area contributed by atoms with Gasteiger partial charge in [0.1, 0.15) is 17.6 Å². The summed E-state index contributed by atoms with van der Waals surface area (Å²) in [4.78, 5) is 14.9. The van der Waals surface area contributed by atoms with E-state index in [1.165, 1.54) is 25.7 Å². The minimum atomic E-state index is 0.207. The van der Waals surface area contributed by atoms with E-state index in [1.807, 2.05) is 24.3 Å². The molecule has 2 aliphatic carbocycles. The lowest BCUT2D eigenvalue weighted by atomic mass is 9.79. The Morgan fingerprint density at radius 3 is 2.12 bits per heavy atom. The van der Waals surface area contributed by atoms with Gasteiger partial charge in [0.2, 0.25) is 5.91 Å². The zero-order chi connectivity index (χ0) is 17.3. The molecule has 1 aromatic rings. The summed E-state index contributed by atoms with van der Waals surface area (Å²) in [5, 5.41) is 0. The summed E-state index contributed by atoms with van der Waals surface area (Å²) < 4.78 is 11.2. The van der Waals surface area contributed by atoms with Crippen molar-refractivity contribution in [2.24, 2.45) is 11.3 Å². The topological polar surface area (TPSA) is 38.8 Å². The Hall–Kier alpha value is -1.71. The van der Waals surface area contributed by atoms with Gasteiger partial charge in [0.15, 0.2) is 0 Å². The molecule has 2 saturated carbocycles. The van der Waals surface area contributed by atoms with Crippen LogP contribution in [0.2, 0.25) is 0 Å². The molecule has 4 heteroatoms. The summed E-state index contributed by atoms with van der Waals surface area (Å²) in [5.41, 5.74) is 0.663. The SMILES string of the molecule is COc1ccc(OC2CCN(C(=O)C3CCC4(CC3)CC4)CC2)cc1. The Kier molecular flexibility index (Phi) is 4.61. The molecule has 136 valence electrons. The lowest BCUT2D eigenvalue weighted by Crippen LogP contribution is -2.45. The Morgan fingerprint density at radius 1 is 0.960 bits per heavy atom. The van der Waals surface area contributed by atoms with Gasteiger partial charge in [0.05, 0.1) is 7.11 Å². The number of carbonyl (C=O) groups excluding carboxylic acids is 1. The number of benzene rings is 1. The number of nitrogens with zero attached hydrogens (tertiary/aromatic N) is 1. The molecule has 1 saturated heterocycles. The fourth-order valence-electron chi connectivity index (χ4n) is 4.45. The second-order valence-electron chi connectivity index (χ2n) is 8.09. The molecule has 0 atom stereocenters. The highest BCUT2D eigenvalue weighted by molar-refractivity contribution is 5.79. The molecule has 25 heavy (non-hydrogen) atoms. The molecule has 0 unspecified atom stereocenters. The van der Waals surface area contributed by atoms with Gasteiger partial charge in [-0.2, -0.15) is 0 Å². The number of ether oxygens (including phenoxy) is 2. The van der Waals surface area contributed by atoms with Gasteiger partial charge in [0.25, 0.3) is 0 Å². The van der Waals surface area contributed by atoms with E-state index in [4.69, 9.17) is 9.47 Å². The Balaban J connectivity index is 1.24. The van der Waals surface area contributed by atoms with E-state index in [9.17, 15) is 4.79 Å². The van der Waals surface area contributed by atoms with Crippen LogP contribution in [-0.2, 0) is 4.79 Å². The summed E-state index contributed by atoms with van der Waals surface area (Å²) in [6, 6.07) is 7.74. The highest BCUT2D eigenvalue weighted by atomic mass is 16.5. The third-order valence-electron chi connectivity index (χ3n) is 6.47. The van der Waals surface area contributed by atoms with Crippen molar-refractivity contribution in [3.63, 3.8) is 0 Å². The second kappa shape index (κ2) is 6.89. The maximum Gasteiger partial charge on any atom is 0.225 e. The second-order valence-corrected chi connectivity index (χ2v) is 8.09. The predicted molar refractivity (Wildman–Crippen MR) is 96.8 cm³/mol. The number of hydrogen-bond donors (Lipinski definition) is 0. The largest absolute Gasteiger partial charge is 0.497 e. The zero-order valence-corrected chi connectivity index (χ0v) is 15.2. The molecule has 1 aliphatic heterocycles. The van der Waals surface area contributed by atoms with Crippen molar-refractivity contribution in [2.75, 3.05) is 20.2 Å². The first kappa shape index (κ1) is 16.7. The Labute approximate surface area is 150 Å². The Morgan fingerprint density at radius 2 is 1.56 bits per heavy atom. The minimum Gasteiger partial charge on any atom is -0.497 e. The first-order valence-corrected chi connectivity index (χ1v) is 9.77. The van der Waals surface area contributed by atoms with Crippen molar-refractivity contribution in [1.29, 1.82) is 0 Å². The molecule has 1 heterocycles. The van der Waals surface area contributed by atoms with E-state index in [-0.39, 0.29) is 12.0 Å². The summed E-state index contributed by atoms with van der Waals surface area (Å²) in [6.07, 6.45) is 9.65. The molecule has 0 radical (unpaired) electrons. The lowest BCUT2D eigenvalue weighted by Gasteiger charge is -2.36. The Bertz CT molecular complexity index is 590. The third-order valence-corrected chi connectivity index (χ3v) is 6.47. The van der Waals surface area contributed by atoms with Gasteiger partial charge in [-0.3, -0.25) is 4.79 Å². The number of rotatable bonds is 4. The lowest BCUT2D eigenvalue weighted by molar-refractivity contribution is -0.138. The average molecular weight is 343 g/mol. The van der Waals surface area contributed by atoms with Gasteiger partial charge in [-0.05, 0) is 68.2 Å². The van der Waals surface area contributed by atoms with Crippen molar-refractivity contribution in [2.45, 2.75) is 57.5 Å². The first-order chi connectivity index (χ1) is 12.2. The monoisotopic (exact) mass is 343 g/mol. The van der Waals surface area contributed by atoms with E-state index >= 15 is 0 Å². The first-order valence-electron chi connectivity index (χ1n) is 9.77. The predicted octanol–water partition coefficient (Wildman–Crippen LogP) is 4.04. The number of hydrogen-bond acceptors (Lipinski definition) is 3. The van der Waals surface area contributed by atoms with Crippen LogP contribution in [0.15, 0.2) is 24.3 Å². The van der Waals surface area contributed by atoms with E-state index < -0.39 is 0 Å². The maximum absolute atomic E-state index is 12.8. The fourth-order valence-corrected chi connectivity index (χ4v) is 4.45. The number of likely N-dealkylation sites (tertiary alicyclic amines) is 1. The molecule has 4 nitrogen and oxygen atoms in total. The van der Waals surface area contributed by atoms with Gasteiger partial charge in [0, 0.05) is 31.8 Å². The van der Waals surface area contributed by atoms with E-state index in [0.717, 1.165) is 50.3 Å². The van der Waals surface area contributed by atoms with Crippen molar-refractivity contribution in [1.82, 2.24) is 4.90 Å². The third kappa shape index (κ3) is 3.78. The number of piperidine rings is 1. The smallest absolute Gasteiger partial charge is 0.225 e. The fraction of sp³-hybridized carbons (Fsp3) is 0.667. The van der Waals surface area contributed by atoms with Gasteiger partial charge in [-0.15, -0.1) is 0 Å². The molecule has 1 amide bonds. The van der Waals surface area contributed by atoms with Gasteiger partial charge in [-0.1, -0.05) is 0 Å². The average Bonchev–Trinajstić information content (AvgIpc) is 3.42. The minimum absolute atomic E-state index is 0.207. The number of amides is 1. The van der Waals surface area contributed by atoms with E-state index in [2.05, 4.69) is 4.90 Å². The van der Waals surface area contributed by atoms with Crippen molar-refractivity contribution in [3.05, 3.63) is 24.3 Å². The molecule has 1 aromatic carbocycles. The molecule has 3 fully saturated rings. The molecule has 3 aliphatic rings. The molecular weight excluding hydrogens is 314 g/mol. The summed E-state index contributed by atoms with van der Waals surface area (Å²) in [5.74, 6) is 2.41.